The van der Waals surface area contributed by atoms with Crippen molar-refractivity contribution in [3.05, 3.63) is 28.4 Å². The van der Waals surface area contributed by atoms with Gasteiger partial charge in [-0.2, -0.15) is 5.10 Å². The first-order valence-electron chi connectivity index (χ1n) is 5.53. The fourth-order valence-electron chi connectivity index (χ4n) is 1.90. The van der Waals surface area contributed by atoms with E-state index in [0.717, 1.165) is 23.1 Å². The quantitative estimate of drug-likeness (QED) is 0.940. The Morgan fingerprint density at radius 3 is 2.88 bits per heavy atom. The number of hydrogen-bond donors (Lipinski definition) is 1. The van der Waals surface area contributed by atoms with Crippen molar-refractivity contribution in [2.75, 3.05) is 0 Å². The van der Waals surface area contributed by atoms with Gasteiger partial charge < -0.3 is 5.73 Å². The van der Waals surface area contributed by atoms with Crippen LogP contribution in [0.4, 0.5) is 0 Å². The Kier molecular flexibility index (Phi) is 3.30. The highest BCUT2D eigenvalue weighted by Crippen LogP contribution is 2.26. The molecule has 0 aliphatic heterocycles. The number of halogens is 1. The van der Waals surface area contributed by atoms with Crippen LogP contribution in [0.2, 0.25) is 0 Å². The van der Waals surface area contributed by atoms with Crippen LogP contribution in [0, 0.1) is 0 Å². The van der Waals surface area contributed by atoms with E-state index in [1.807, 2.05) is 11.6 Å². The minimum Gasteiger partial charge on any atom is -0.328 e. The summed E-state index contributed by atoms with van der Waals surface area (Å²) in [5.41, 5.74) is 8.13. The lowest BCUT2D eigenvalue weighted by molar-refractivity contribution is 0.651. The normalized spacial score (nSPS) is 13.2. The first kappa shape index (κ1) is 11.6. The van der Waals surface area contributed by atoms with Gasteiger partial charge in [0.05, 0.1) is 5.52 Å². The van der Waals surface area contributed by atoms with E-state index in [1.165, 1.54) is 10.9 Å². The molecule has 1 unspecified atom stereocenters. The molecule has 0 saturated heterocycles. The Morgan fingerprint density at radius 2 is 2.25 bits per heavy atom. The average molecular weight is 282 g/mol. The summed E-state index contributed by atoms with van der Waals surface area (Å²) in [6, 6.07) is 6.41. The summed E-state index contributed by atoms with van der Waals surface area (Å²) in [5, 5.41) is 5.76. The number of aromatic nitrogens is 2. The summed E-state index contributed by atoms with van der Waals surface area (Å²) in [5.74, 6) is 0. The van der Waals surface area contributed by atoms with Gasteiger partial charge in [0.25, 0.3) is 0 Å². The van der Waals surface area contributed by atoms with E-state index in [2.05, 4.69) is 46.2 Å². The predicted molar refractivity (Wildman–Crippen MR) is 70.5 cm³/mol. The van der Waals surface area contributed by atoms with Crippen LogP contribution in [-0.2, 0) is 13.0 Å². The first-order chi connectivity index (χ1) is 7.63. The second-order valence-electron chi connectivity index (χ2n) is 4.10. The number of benzene rings is 1. The maximum Gasteiger partial charge on any atom is 0.111 e. The maximum absolute atomic E-state index is 5.85. The zero-order chi connectivity index (χ0) is 11.7. The number of fused-ring (bicyclic) bond motifs is 1. The third-order valence-corrected chi connectivity index (χ3v) is 3.47. The number of hydrogen-bond acceptors (Lipinski definition) is 2. The first-order valence-corrected chi connectivity index (χ1v) is 6.32. The van der Waals surface area contributed by atoms with Crippen molar-refractivity contribution in [1.29, 1.82) is 0 Å². The molecule has 1 aromatic heterocycles. The molecule has 0 saturated carbocycles. The number of aryl methyl sites for hydroxylation is 1. The third-order valence-electron chi connectivity index (χ3n) is 2.63. The summed E-state index contributed by atoms with van der Waals surface area (Å²) in [6.45, 7) is 4.97. The monoisotopic (exact) mass is 281 g/mol. The van der Waals surface area contributed by atoms with Crippen LogP contribution in [0.5, 0.6) is 0 Å². The predicted octanol–water partition coefficient (Wildman–Crippen LogP) is 2.71. The molecule has 0 fully saturated rings. The van der Waals surface area contributed by atoms with Gasteiger partial charge >= 0.3 is 0 Å². The molecule has 0 spiro atoms. The molecule has 2 rings (SSSR count). The molecule has 0 aliphatic rings. The highest BCUT2D eigenvalue weighted by molar-refractivity contribution is 9.10. The number of nitrogens with zero attached hydrogens (tertiary/aromatic N) is 2. The smallest absolute Gasteiger partial charge is 0.111 e. The molecule has 0 radical (unpaired) electrons. The van der Waals surface area contributed by atoms with Crippen molar-refractivity contribution in [1.82, 2.24) is 9.78 Å². The summed E-state index contributed by atoms with van der Waals surface area (Å²) in [7, 11) is 0. The van der Waals surface area contributed by atoms with Gasteiger partial charge in [-0.05, 0) is 41.8 Å². The van der Waals surface area contributed by atoms with Crippen molar-refractivity contribution in [2.45, 2.75) is 32.9 Å². The van der Waals surface area contributed by atoms with E-state index in [1.54, 1.807) is 0 Å². The van der Waals surface area contributed by atoms with Crippen LogP contribution in [0.25, 0.3) is 10.9 Å². The summed E-state index contributed by atoms with van der Waals surface area (Å²) in [6.07, 6.45) is 0.866. The van der Waals surface area contributed by atoms with E-state index >= 15 is 0 Å². The van der Waals surface area contributed by atoms with Crippen LogP contribution < -0.4 is 5.73 Å². The zero-order valence-corrected chi connectivity index (χ0v) is 11.2. The minimum atomic E-state index is 0.163. The van der Waals surface area contributed by atoms with Gasteiger partial charge in [0, 0.05) is 18.0 Å². The van der Waals surface area contributed by atoms with E-state index in [-0.39, 0.29) is 6.04 Å². The van der Waals surface area contributed by atoms with Gasteiger partial charge in [-0.25, -0.2) is 0 Å². The van der Waals surface area contributed by atoms with E-state index in [9.17, 15) is 0 Å². The van der Waals surface area contributed by atoms with Crippen LogP contribution in [-0.4, -0.2) is 15.8 Å². The lowest BCUT2D eigenvalue weighted by atomic mass is 10.1. The van der Waals surface area contributed by atoms with E-state index < -0.39 is 0 Å². The molecule has 3 nitrogen and oxygen atoms in total. The van der Waals surface area contributed by atoms with E-state index in [0.29, 0.717) is 0 Å². The van der Waals surface area contributed by atoms with Crippen molar-refractivity contribution >= 4 is 26.8 Å². The molecule has 86 valence electrons. The number of nitrogens with two attached hydrogens (primary N) is 1. The summed E-state index contributed by atoms with van der Waals surface area (Å²) >= 11 is 3.58. The highest BCUT2D eigenvalue weighted by atomic mass is 79.9. The van der Waals surface area contributed by atoms with Crippen LogP contribution >= 0.6 is 15.9 Å². The molecular weight excluding hydrogens is 266 g/mol. The van der Waals surface area contributed by atoms with Crippen molar-refractivity contribution in [3.8, 4) is 0 Å². The molecule has 4 heteroatoms. The second-order valence-corrected chi connectivity index (χ2v) is 4.85. The van der Waals surface area contributed by atoms with Crippen molar-refractivity contribution in [2.24, 2.45) is 5.73 Å². The summed E-state index contributed by atoms with van der Waals surface area (Å²) < 4.78 is 3.02. The molecule has 0 bridgehead atoms. The second kappa shape index (κ2) is 4.55. The highest BCUT2D eigenvalue weighted by Gasteiger charge is 2.11. The molecule has 1 heterocycles. The Bertz CT molecular complexity index is 502. The Hall–Kier alpha value is -0.870. The Labute approximate surface area is 104 Å². The molecule has 0 amide bonds. The lowest BCUT2D eigenvalue weighted by Gasteiger charge is -2.05. The third kappa shape index (κ3) is 1.99. The van der Waals surface area contributed by atoms with Crippen molar-refractivity contribution in [3.63, 3.8) is 0 Å². The Balaban J connectivity index is 2.59. The average Bonchev–Trinajstić information content (AvgIpc) is 2.56. The van der Waals surface area contributed by atoms with Gasteiger partial charge in [-0.1, -0.05) is 18.2 Å². The molecular formula is C12H16BrN3. The fourth-order valence-corrected chi connectivity index (χ4v) is 2.55. The lowest BCUT2D eigenvalue weighted by Crippen LogP contribution is -2.17. The summed E-state index contributed by atoms with van der Waals surface area (Å²) in [4.78, 5) is 0. The molecule has 2 aromatic rings. The maximum atomic E-state index is 5.85. The fraction of sp³-hybridized carbons (Fsp3) is 0.417. The van der Waals surface area contributed by atoms with Gasteiger partial charge in [-0.3, -0.25) is 4.68 Å². The largest absolute Gasteiger partial charge is 0.328 e. The minimum absolute atomic E-state index is 0.163. The number of rotatable bonds is 3. The molecule has 0 aliphatic carbocycles. The van der Waals surface area contributed by atoms with Crippen LogP contribution in [0.3, 0.4) is 0 Å². The Morgan fingerprint density at radius 1 is 1.50 bits per heavy atom. The van der Waals surface area contributed by atoms with Gasteiger partial charge in [-0.15, -0.1) is 0 Å². The molecule has 1 aromatic carbocycles. The topological polar surface area (TPSA) is 43.8 Å². The molecule has 1 atom stereocenters. The van der Waals surface area contributed by atoms with Crippen LogP contribution in [0.1, 0.15) is 19.4 Å². The van der Waals surface area contributed by atoms with Gasteiger partial charge in [0.2, 0.25) is 0 Å². The molecule has 2 N–H and O–H groups in total. The van der Waals surface area contributed by atoms with Crippen LogP contribution in [0.15, 0.2) is 22.8 Å². The zero-order valence-electron chi connectivity index (χ0n) is 9.57. The van der Waals surface area contributed by atoms with Crippen molar-refractivity contribution < 1.29 is 0 Å². The van der Waals surface area contributed by atoms with Gasteiger partial charge in [0.1, 0.15) is 4.60 Å². The SMILES string of the molecule is CCn1nc2c(CC(C)N)cccc2c1Br. The van der Waals surface area contributed by atoms with Gasteiger partial charge in [0.15, 0.2) is 0 Å². The molecule has 16 heavy (non-hydrogen) atoms. The standard InChI is InChI=1S/C12H16BrN3/c1-3-16-12(13)10-6-4-5-9(7-8(2)14)11(10)15-16/h4-6,8H,3,7,14H2,1-2H3. The van der Waals surface area contributed by atoms with E-state index in [4.69, 9.17) is 5.73 Å².